The number of carbonyl (C=O) groups excluding carboxylic acids is 1. The van der Waals surface area contributed by atoms with Crippen LogP contribution >= 0.6 is 0 Å². The molecule has 0 aromatic carbocycles. The summed E-state index contributed by atoms with van der Waals surface area (Å²) in [5.41, 5.74) is 5.84. The molecule has 0 aliphatic rings. The van der Waals surface area contributed by atoms with Gasteiger partial charge in [-0.15, -0.1) is 0 Å². The first-order chi connectivity index (χ1) is 8.49. The molecule has 0 aromatic rings. The van der Waals surface area contributed by atoms with Gasteiger partial charge in [-0.3, -0.25) is 9.69 Å². The Kier molecular flexibility index (Phi) is 9.02. The Labute approximate surface area is 113 Å². The second-order valence-electron chi connectivity index (χ2n) is 5.14. The lowest BCUT2D eigenvalue weighted by Crippen LogP contribution is -2.46. The van der Waals surface area contributed by atoms with Crippen molar-refractivity contribution in [3.8, 4) is 0 Å². The Bertz CT molecular complexity index is 227. The summed E-state index contributed by atoms with van der Waals surface area (Å²) < 4.78 is 0. The molecule has 0 radical (unpaired) electrons. The van der Waals surface area contributed by atoms with Crippen molar-refractivity contribution < 1.29 is 4.79 Å². The third-order valence-corrected chi connectivity index (χ3v) is 3.32. The molecule has 18 heavy (non-hydrogen) atoms. The Morgan fingerprint density at radius 3 is 2.00 bits per heavy atom. The molecule has 0 saturated heterocycles. The van der Waals surface area contributed by atoms with E-state index in [4.69, 9.17) is 5.73 Å². The Hall–Kier alpha value is -0.610. The van der Waals surface area contributed by atoms with Crippen LogP contribution in [0.5, 0.6) is 0 Å². The SMILES string of the molecule is CCN(CC)C(=O)CC(CN)N(CC)CC(C)C. The van der Waals surface area contributed by atoms with Gasteiger partial charge in [0.15, 0.2) is 0 Å². The molecule has 0 saturated carbocycles. The molecule has 0 bridgehead atoms. The molecule has 4 nitrogen and oxygen atoms in total. The monoisotopic (exact) mass is 257 g/mol. The van der Waals surface area contributed by atoms with Gasteiger partial charge in [0, 0.05) is 38.6 Å². The van der Waals surface area contributed by atoms with E-state index in [1.54, 1.807) is 0 Å². The van der Waals surface area contributed by atoms with Gasteiger partial charge in [0.2, 0.25) is 5.91 Å². The summed E-state index contributed by atoms with van der Waals surface area (Å²) in [6, 6.07) is 0.172. The van der Waals surface area contributed by atoms with Gasteiger partial charge in [0.25, 0.3) is 0 Å². The third kappa shape index (κ3) is 5.83. The number of hydrogen-bond donors (Lipinski definition) is 1. The van der Waals surface area contributed by atoms with Crippen molar-refractivity contribution in [1.29, 1.82) is 0 Å². The van der Waals surface area contributed by atoms with E-state index in [0.29, 0.717) is 18.9 Å². The summed E-state index contributed by atoms with van der Waals surface area (Å²) >= 11 is 0. The van der Waals surface area contributed by atoms with E-state index in [2.05, 4.69) is 25.7 Å². The van der Waals surface area contributed by atoms with Crippen LogP contribution in [0, 0.1) is 5.92 Å². The zero-order chi connectivity index (χ0) is 14.1. The standard InChI is InChI=1S/C14H31N3O/c1-6-16(7-2)14(18)9-13(10-15)17(8-3)11-12(4)5/h12-13H,6-11,15H2,1-5H3. The first-order valence-electron chi connectivity index (χ1n) is 7.21. The summed E-state index contributed by atoms with van der Waals surface area (Å²) in [5.74, 6) is 0.820. The number of amides is 1. The Balaban J connectivity index is 4.51. The summed E-state index contributed by atoms with van der Waals surface area (Å²) in [6.45, 7) is 14.6. The molecule has 0 aliphatic heterocycles. The van der Waals surface area contributed by atoms with Crippen LogP contribution < -0.4 is 5.73 Å². The van der Waals surface area contributed by atoms with E-state index in [1.807, 2.05) is 18.7 Å². The molecule has 0 aromatic heterocycles. The number of hydrogen-bond acceptors (Lipinski definition) is 3. The van der Waals surface area contributed by atoms with Gasteiger partial charge in [-0.05, 0) is 26.3 Å². The van der Waals surface area contributed by atoms with Crippen LogP contribution in [0.3, 0.4) is 0 Å². The summed E-state index contributed by atoms with van der Waals surface area (Å²) in [5, 5.41) is 0. The van der Waals surface area contributed by atoms with E-state index >= 15 is 0 Å². The van der Waals surface area contributed by atoms with Crippen molar-refractivity contribution in [2.24, 2.45) is 11.7 Å². The van der Waals surface area contributed by atoms with Gasteiger partial charge in [0.05, 0.1) is 0 Å². The van der Waals surface area contributed by atoms with Crippen molar-refractivity contribution in [2.75, 3.05) is 32.7 Å². The number of nitrogens with two attached hydrogens (primary N) is 1. The minimum Gasteiger partial charge on any atom is -0.343 e. The van der Waals surface area contributed by atoms with Gasteiger partial charge in [-0.25, -0.2) is 0 Å². The fourth-order valence-corrected chi connectivity index (χ4v) is 2.27. The average molecular weight is 257 g/mol. The van der Waals surface area contributed by atoms with E-state index in [9.17, 15) is 4.79 Å². The topological polar surface area (TPSA) is 49.6 Å². The molecule has 2 N–H and O–H groups in total. The maximum Gasteiger partial charge on any atom is 0.224 e. The van der Waals surface area contributed by atoms with Gasteiger partial charge in [0.1, 0.15) is 0 Å². The number of likely N-dealkylation sites (N-methyl/N-ethyl adjacent to an activating group) is 1. The van der Waals surface area contributed by atoms with Crippen molar-refractivity contribution in [3.63, 3.8) is 0 Å². The highest BCUT2D eigenvalue weighted by molar-refractivity contribution is 5.76. The van der Waals surface area contributed by atoms with E-state index in [1.165, 1.54) is 0 Å². The smallest absolute Gasteiger partial charge is 0.224 e. The van der Waals surface area contributed by atoms with Gasteiger partial charge in [-0.1, -0.05) is 20.8 Å². The predicted molar refractivity (Wildman–Crippen MR) is 77.5 cm³/mol. The normalized spacial score (nSPS) is 13.1. The molecule has 0 rings (SSSR count). The lowest BCUT2D eigenvalue weighted by Gasteiger charge is -2.32. The molecule has 1 unspecified atom stereocenters. The molecule has 0 aliphatic carbocycles. The Morgan fingerprint density at radius 2 is 1.67 bits per heavy atom. The van der Waals surface area contributed by atoms with Crippen LogP contribution in [-0.2, 0) is 4.79 Å². The van der Waals surface area contributed by atoms with Crippen molar-refractivity contribution in [3.05, 3.63) is 0 Å². The van der Waals surface area contributed by atoms with E-state index < -0.39 is 0 Å². The zero-order valence-corrected chi connectivity index (χ0v) is 12.8. The molecular weight excluding hydrogens is 226 g/mol. The first-order valence-corrected chi connectivity index (χ1v) is 7.21. The van der Waals surface area contributed by atoms with E-state index in [-0.39, 0.29) is 11.9 Å². The summed E-state index contributed by atoms with van der Waals surface area (Å²) in [6.07, 6.45) is 0.540. The van der Waals surface area contributed by atoms with Crippen LogP contribution in [0.2, 0.25) is 0 Å². The van der Waals surface area contributed by atoms with Crippen LogP contribution in [-0.4, -0.2) is 54.5 Å². The molecule has 1 amide bonds. The fourth-order valence-electron chi connectivity index (χ4n) is 2.27. The van der Waals surface area contributed by atoms with Crippen molar-refractivity contribution in [1.82, 2.24) is 9.80 Å². The molecule has 4 heteroatoms. The average Bonchev–Trinajstić information content (AvgIpc) is 2.34. The summed E-state index contributed by atoms with van der Waals surface area (Å²) in [7, 11) is 0. The predicted octanol–water partition coefficient (Wildman–Crippen LogP) is 1.55. The van der Waals surface area contributed by atoms with Crippen LogP contribution in [0.25, 0.3) is 0 Å². The highest BCUT2D eigenvalue weighted by Crippen LogP contribution is 2.09. The molecule has 1 atom stereocenters. The fraction of sp³-hybridized carbons (Fsp3) is 0.929. The minimum atomic E-state index is 0.172. The van der Waals surface area contributed by atoms with Crippen LogP contribution in [0.4, 0.5) is 0 Å². The van der Waals surface area contributed by atoms with Crippen molar-refractivity contribution >= 4 is 5.91 Å². The molecule has 0 spiro atoms. The second-order valence-corrected chi connectivity index (χ2v) is 5.14. The highest BCUT2D eigenvalue weighted by atomic mass is 16.2. The lowest BCUT2D eigenvalue weighted by molar-refractivity contribution is -0.132. The van der Waals surface area contributed by atoms with E-state index in [0.717, 1.165) is 26.2 Å². The number of carbonyl (C=O) groups is 1. The largest absolute Gasteiger partial charge is 0.343 e. The minimum absolute atomic E-state index is 0.172. The van der Waals surface area contributed by atoms with Gasteiger partial charge in [-0.2, -0.15) is 0 Å². The summed E-state index contributed by atoms with van der Waals surface area (Å²) in [4.78, 5) is 16.3. The zero-order valence-electron chi connectivity index (χ0n) is 12.8. The number of rotatable bonds is 9. The second kappa shape index (κ2) is 9.34. The quantitative estimate of drug-likeness (QED) is 0.682. The highest BCUT2D eigenvalue weighted by Gasteiger charge is 2.21. The molecule has 0 fully saturated rings. The van der Waals surface area contributed by atoms with Gasteiger partial charge >= 0.3 is 0 Å². The maximum absolute atomic E-state index is 12.1. The molecule has 0 heterocycles. The van der Waals surface area contributed by atoms with Gasteiger partial charge < -0.3 is 10.6 Å². The Morgan fingerprint density at radius 1 is 1.11 bits per heavy atom. The third-order valence-electron chi connectivity index (χ3n) is 3.32. The van der Waals surface area contributed by atoms with Crippen LogP contribution in [0.1, 0.15) is 41.0 Å². The lowest BCUT2D eigenvalue weighted by atomic mass is 10.1. The maximum atomic E-state index is 12.1. The molecule has 108 valence electrons. The molecular formula is C14H31N3O. The number of nitrogens with zero attached hydrogens (tertiary/aromatic N) is 2. The van der Waals surface area contributed by atoms with Crippen molar-refractivity contribution in [2.45, 2.75) is 47.1 Å². The first kappa shape index (κ1) is 17.4. The van der Waals surface area contributed by atoms with Crippen LogP contribution in [0.15, 0.2) is 0 Å².